The average Bonchev–Trinajstić information content (AvgIpc) is 2.52. The number of carboxylic acid groups (broad SMARTS) is 1. The van der Waals surface area contributed by atoms with Crippen molar-refractivity contribution < 1.29 is 29.0 Å². The lowest BCUT2D eigenvalue weighted by Gasteiger charge is -2.19. The van der Waals surface area contributed by atoms with Gasteiger partial charge in [-0.3, -0.25) is 14.4 Å². The summed E-state index contributed by atoms with van der Waals surface area (Å²) in [5, 5.41) is 11.0. The monoisotopic (exact) mass is 322 g/mol. The van der Waals surface area contributed by atoms with Crippen LogP contribution < -0.4 is 11.1 Å². The molecule has 2 atom stereocenters. The zero-order valence-corrected chi connectivity index (χ0v) is 12.3. The Morgan fingerprint density at radius 3 is 2.48 bits per heavy atom. The van der Waals surface area contributed by atoms with Gasteiger partial charge in [-0.15, -0.1) is 0 Å². The molecule has 0 bridgehead atoms. The molecule has 0 aliphatic rings. The highest BCUT2D eigenvalue weighted by Crippen LogP contribution is 2.05. The van der Waals surface area contributed by atoms with E-state index in [1.165, 1.54) is 0 Å². The van der Waals surface area contributed by atoms with E-state index in [2.05, 4.69) is 5.32 Å². The molecule has 0 saturated heterocycles. The van der Waals surface area contributed by atoms with Gasteiger partial charge in [0.25, 0.3) is 0 Å². The number of aliphatic carboxylic acids is 1. The molecule has 8 heteroatoms. The quantitative estimate of drug-likeness (QED) is 0.402. The van der Waals surface area contributed by atoms with Crippen LogP contribution in [0.1, 0.15) is 12.0 Å². The molecule has 0 saturated carbocycles. The van der Waals surface area contributed by atoms with E-state index in [4.69, 9.17) is 15.6 Å². The van der Waals surface area contributed by atoms with E-state index in [-0.39, 0.29) is 6.42 Å². The van der Waals surface area contributed by atoms with Gasteiger partial charge < -0.3 is 20.9 Å². The zero-order chi connectivity index (χ0) is 17.2. The Morgan fingerprint density at radius 2 is 1.91 bits per heavy atom. The Bertz CT molecular complexity index is 560. The van der Waals surface area contributed by atoms with Crippen LogP contribution in [-0.2, 0) is 30.3 Å². The molecule has 0 heterocycles. The van der Waals surface area contributed by atoms with E-state index in [0.717, 1.165) is 5.56 Å². The summed E-state index contributed by atoms with van der Waals surface area (Å²) >= 11 is 0. The van der Waals surface area contributed by atoms with Crippen LogP contribution in [-0.4, -0.2) is 47.9 Å². The third-order valence-corrected chi connectivity index (χ3v) is 2.91. The number of amides is 1. The van der Waals surface area contributed by atoms with Crippen molar-refractivity contribution in [2.24, 2.45) is 5.73 Å². The van der Waals surface area contributed by atoms with Gasteiger partial charge in [0.1, 0.15) is 12.6 Å². The lowest BCUT2D eigenvalue weighted by molar-refractivity contribution is -0.149. The van der Waals surface area contributed by atoms with Gasteiger partial charge in [0, 0.05) is 6.42 Å². The van der Waals surface area contributed by atoms with E-state index < -0.39 is 43.0 Å². The van der Waals surface area contributed by atoms with E-state index in [1.807, 2.05) is 0 Å². The smallest absolute Gasteiger partial charge is 0.329 e. The van der Waals surface area contributed by atoms with Crippen molar-refractivity contribution in [2.45, 2.75) is 24.9 Å². The van der Waals surface area contributed by atoms with Crippen molar-refractivity contribution in [2.75, 3.05) is 6.61 Å². The fourth-order valence-corrected chi connectivity index (χ4v) is 1.82. The zero-order valence-electron chi connectivity index (χ0n) is 12.3. The fourth-order valence-electron chi connectivity index (χ4n) is 1.82. The highest BCUT2D eigenvalue weighted by molar-refractivity contribution is 5.90. The maximum atomic E-state index is 11.9. The molecular formula is C15H18N2O6. The van der Waals surface area contributed by atoms with Gasteiger partial charge in [-0.25, -0.2) is 4.79 Å². The number of nitrogens with two attached hydrogens (primary N) is 1. The lowest BCUT2D eigenvalue weighted by Crippen LogP contribution is -2.50. The molecule has 1 amide bonds. The summed E-state index contributed by atoms with van der Waals surface area (Å²) in [6.45, 7) is -0.429. The maximum absolute atomic E-state index is 11.9. The first-order valence-corrected chi connectivity index (χ1v) is 6.86. The highest BCUT2D eigenvalue weighted by Gasteiger charge is 2.26. The van der Waals surface area contributed by atoms with Gasteiger partial charge in [-0.1, -0.05) is 30.3 Å². The van der Waals surface area contributed by atoms with Crippen LogP contribution in [0.3, 0.4) is 0 Å². The van der Waals surface area contributed by atoms with E-state index in [9.17, 15) is 19.2 Å². The number of carbonyl (C=O) groups is 4. The van der Waals surface area contributed by atoms with Crippen LogP contribution in [0.25, 0.3) is 0 Å². The van der Waals surface area contributed by atoms with Crippen LogP contribution in [0.4, 0.5) is 0 Å². The highest BCUT2D eigenvalue weighted by atomic mass is 16.5. The van der Waals surface area contributed by atoms with Crippen molar-refractivity contribution in [3.63, 3.8) is 0 Å². The van der Waals surface area contributed by atoms with Crippen LogP contribution in [0.2, 0.25) is 0 Å². The van der Waals surface area contributed by atoms with Crippen LogP contribution in [0.15, 0.2) is 30.3 Å². The molecule has 0 aromatic heterocycles. The van der Waals surface area contributed by atoms with Crippen molar-refractivity contribution >= 4 is 24.1 Å². The molecule has 1 aromatic carbocycles. The Labute approximate surface area is 132 Å². The first kappa shape index (κ1) is 18.3. The van der Waals surface area contributed by atoms with Crippen LogP contribution >= 0.6 is 0 Å². The van der Waals surface area contributed by atoms with E-state index in [0.29, 0.717) is 6.29 Å². The minimum Gasteiger partial charge on any atom is -0.481 e. The molecule has 124 valence electrons. The average molecular weight is 322 g/mol. The largest absolute Gasteiger partial charge is 0.481 e. The van der Waals surface area contributed by atoms with Gasteiger partial charge >= 0.3 is 11.9 Å². The molecule has 2 unspecified atom stereocenters. The van der Waals surface area contributed by atoms with Crippen LogP contribution in [0, 0.1) is 0 Å². The van der Waals surface area contributed by atoms with Crippen molar-refractivity contribution in [1.82, 2.24) is 5.32 Å². The molecule has 0 radical (unpaired) electrons. The predicted molar refractivity (Wildman–Crippen MR) is 79.3 cm³/mol. The third kappa shape index (κ3) is 6.70. The predicted octanol–water partition coefficient (Wildman–Crippen LogP) is -0.742. The topological polar surface area (TPSA) is 136 Å². The number of carbonyl (C=O) groups excluding carboxylic acids is 3. The summed E-state index contributed by atoms with van der Waals surface area (Å²) in [4.78, 5) is 44.7. The summed E-state index contributed by atoms with van der Waals surface area (Å²) < 4.78 is 4.71. The molecule has 1 rings (SSSR count). The minimum atomic E-state index is -1.29. The second-order valence-electron chi connectivity index (χ2n) is 4.75. The number of carboxylic acids is 1. The first-order valence-electron chi connectivity index (χ1n) is 6.86. The summed E-state index contributed by atoms with van der Waals surface area (Å²) in [5.41, 5.74) is 6.22. The van der Waals surface area contributed by atoms with Gasteiger partial charge in [-0.05, 0) is 5.56 Å². The normalized spacial score (nSPS) is 12.7. The number of hydrogen-bond acceptors (Lipinski definition) is 6. The van der Waals surface area contributed by atoms with Gasteiger partial charge in [0.15, 0.2) is 6.29 Å². The van der Waals surface area contributed by atoms with Crippen molar-refractivity contribution in [1.29, 1.82) is 0 Å². The molecular weight excluding hydrogens is 304 g/mol. The number of benzene rings is 1. The second kappa shape index (κ2) is 9.31. The maximum Gasteiger partial charge on any atom is 0.329 e. The first-order chi connectivity index (χ1) is 10.9. The standard InChI is InChI=1S/C15H18N2O6/c16-11(9-13(19)20)14(21)17-12(15(22)23-7-6-18)8-10-4-2-1-3-5-10/h1-6,11-12H,7-9,16H2,(H,17,21)(H,19,20). The molecule has 1 aromatic rings. The van der Waals surface area contributed by atoms with Gasteiger partial charge in [0.05, 0.1) is 12.5 Å². The number of esters is 1. The molecule has 4 N–H and O–H groups in total. The molecule has 0 aliphatic heterocycles. The fraction of sp³-hybridized carbons (Fsp3) is 0.333. The van der Waals surface area contributed by atoms with E-state index >= 15 is 0 Å². The molecule has 0 fully saturated rings. The summed E-state index contributed by atoms with van der Waals surface area (Å²) in [7, 11) is 0. The lowest BCUT2D eigenvalue weighted by atomic mass is 10.1. The molecule has 0 spiro atoms. The molecule has 0 aliphatic carbocycles. The van der Waals surface area contributed by atoms with Crippen molar-refractivity contribution in [3.05, 3.63) is 35.9 Å². The summed E-state index contributed by atoms with van der Waals surface area (Å²) in [6.07, 6.45) is -0.0210. The summed E-state index contributed by atoms with van der Waals surface area (Å²) in [5.74, 6) is -2.80. The SMILES string of the molecule is NC(CC(=O)O)C(=O)NC(Cc1ccccc1)C(=O)OCC=O. The number of nitrogens with one attached hydrogen (secondary N) is 1. The Kier molecular flexibility index (Phi) is 7.41. The van der Waals surface area contributed by atoms with Gasteiger partial charge in [-0.2, -0.15) is 0 Å². The minimum absolute atomic E-state index is 0.129. The number of rotatable bonds is 9. The third-order valence-electron chi connectivity index (χ3n) is 2.91. The Hall–Kier alpha value is -2.74. The van der Waals surface area contributed by atoms with Gasteiger partial charge in [0.2, 0.25) is 5.91 Å². The Morgan fingerprint density at radius 1 is 1.26 bits per heavy atom. The van der Waals surface area contributed by atoms with Crippen molar-refractivity contribution in [3.8, 4) is 0 Å². The summed E-state index contributed by atoms with van der Waals surface area (Å²) in [6, 6.07) is 6.48. The Balaban J connectivity index is 2.77. The van der Waals surface area contributed by atoms with E-state index in [1.54, 1.807) is 30.3 Å². The van der Waals surface area contributed by atoms with Crippen LogP contribution in [0.5, 0.6) is 0 Å². The number of aldehydes is 1. The number of ether oxygens (including phenoxy) is 1. The number of hydrogen-bond donors (Lipinski definition) is 3. The molecule has 23 heavy (non-hydrogen) atoms. The molecule has 8 nitrogen and oxygen atoms in total. The second-order valence-corrected chi connectivity index (χ2v) is 4.75.